The van der Waals surface area contributed by atoms with Crippen LogP contribution in [0.1, 0.15) is 30.8 Å². The highest BCUT2D eigenvalue weighted by Crippen LogP contribution is 2.34. The molecule has 2 rings (SSSR count). The lowest BCUT2D eigenvalue weighted by Gasteiger charge is -2.21. The van der Waals surface area contributed by atoms with Crippen LogP contribution in [-0.4, -0.2) is 22.6 Å². The van der Waals surface area contributed by atoms with Gasteiger partial charge in [0.05, 0.1) is 0 Å². The van der Waals surface area contributed by atoms with Crippen molar-refractivity contribution in [1.29, 1.82) is 0 Å². The van der Waals surface area contributed by atoms with Crippen molar-refractivity contribution in [2.45, 2.75) is 25.7 Å². The Balaban J connectivity index is 2.18. The van der Waals surface area contributed by atoms with Crippen molar-refractivity contribution in [3.63, 3.8) is 0 Å². The number of hydrogen-bond acceptors (Lipinski definition) is 5. The molecule has 0 fully saturated rings. The molecule has 0 spiro atoms. The van der Waals surface area contributed by atoms with Crippen LogP contribution in [0.4, 0.5) is 5.13 Å². The molecule has 20 heavy (non-hydrogen) atoms. The van der Waals surface area contributed by atoms with Crippen molar-refractivity contribution in [1.82, 2.24) is 10.2 Å². The average Bonchev–Trinajstić information content (AvgIpc) is 2.89. The second kappa shape index (κ2) is 6.11. The van der Waals surface area contributed by atoms with E-state index in [2.05, 4.69) is 41.5 Å². The zero-order valence-corrected chi connectivity index (χ0v) is 12.4. The van der Waals surface area contributed by atoms with Crippen LogP contribution in [0.2, 0.25) is 0 Å². The highest BCUT2D eigenvalue weighted by atomic mass is 32.1. The van der Waals surface area contributed by atoms with Crippen molar-refractivity contribution in [3.05, 3.63) is 40.9 Å². The molecule has 0 saturated carbocycles. The topological polar surface area (TPSA) is 80.9 Å². The van der Waals surface area contributed by atoms with E-state index < -0.39 is 0 Å². The van der Waals surface area contributed by atoms with E-state index in [1.54, 1.807) is 0 Å². The Kier molecular flexibility index (Phi) is 4.46. The minimum Gasteiger partial charge on any atom is -0.330 e. The summed E-state index contributed by atoms with van der Waals surface area (Å²) in [6.45, 7) is 4.51. The molecule has 1 amide bonds. The van der Waals surface area contributed by atoms with Crippen molar-refractivity contribution >= 4 is 22.4 Å². The van der Waals surface area contributed by atoms with E-state index in [4.69, 9.17) is 5.73 Å². The molecule has 0 aliphatic heterocycles. The van der Waals surface area contributed by atoms with Gasteiger partial charge in [0.25, 0.3) is 0 Å². The quantitative estimate of drug-likeness (QED) is 0.884. The zero-order chi connectivity index (χ0) is 14.6. The Hall–Kier alpha value is -1.79. The Morgan fingerprint density at radius 1 is 1.30 bits per heavy atom. The maximum Gasteiger partial charge on any atom is 0.227 e. The van der Waals surface area contributed by atoms with Gasteiger partial charge >= 0.3 is 0 Å². The van der Waals surface area contributed by atoms with E-state index >= 15 is 0 Å². The Morgan fingerprint density at radius 3 is 2.65 bits per heavy atom. The summed E-state index contributed by atoms with van der Waals surface area (Å²) in [6.07, 6.45) is 0.289. The predicted molar refractivity (Wildman–Crippen MR) is 80.8 cm³/mol. The maximum absolute atomic E-state index is 11.5. The summed E-state index contributed by atoms with van der Waals surface area (Å²) in [5, 5.41) is 12.3. The van der Waals surface area contributed by atoms with Crippen LogP contribution in [0.3, 0.4) is 0 Å². The molecule has 106 valence electrons. The number of nitrogens with two attached hydrogens (primary N) is 1. The van der Waals surface area contributed by atoms with Gasteiger partial charge in [-0.15, -0.1) is 10.2 Å². The number of nitrogens with zero attached hydrogens (tertiary/aromatic N) is 2. The Labute approximate surface area is 122 Å². The lowest BCUT2D eigenvalue weighted by atomic mass is 9.85. The molecule has 0 unspecified atom stereocenters. The third-order valence-electron chi connectivity index (χ3n) is 3.07. The molecule has 2 aromatic rings. The lowest BCUT2D eigenvalue weighted by molar-refractivity contribution is -0.116. The number of aromatic nitrogens is 2. The third kappa shape index (κ3) is 3.20. The molecule has 0 atom stereocenters. The van der Waals surface area contributed by atoms with Crippen LogP contribution in [0.15, 0.2) is 30.3 Å². The molecule has 6 heteroatoms. The first kappa shape index (κ1) is 14.6. The first-order valence-electron chi connectivity index (χ1n) is 6.43. The molecule has 1 heterocycles. The normalized spacial score (nSPS) is 11.3. The molecule has 0 aliphatic carbocycles. The van der Waals surface area contributed by atoms with Crippen LogP contribution in [0, 0.1) is 0 Å². The molecule has 0 radical (unpaired) electrons. The number of carbonyl (C=O) groups is 1. The number of hydrogen-bond donors (Lipinski definition) is 2. The van der Waals surface area contributed by atoms with E-state index in [1.165, 1.54) is 11.3 Å². The first-order valence-corrected chi connectivity index (χ1v) is 7.25. The van der Waals surface area contributed by atoms with Crippen LogP contribution in [-0.2, 0) is 10.2 Å². The Morgan fingerprint density at radius 2 is 2.00 bits per heavy atom. The van der Waals surface area contributed by atoms with Crippen LogP contribution in [0.5, 0.6) is 0 Å². The first-order chi connectivity index (χ1) is 9.54. The van der Waals surface area contributed by atoms with Crippen molar-refractivity contribution < 1.29 is 4.79 Å². The van der Waals surface area contributed by atoms with Gasteiger partial charge in [-0.05, 0) is 19.4 Å². The summed E-state index contributed by atoms with van der Waals surface area (Å²) in [5.41, 5.74) is 6.26. The average molecular weight is 290 g/mol. The van der Waals surface area contributed by atoms with Gasteiger partial charge in [-0.3, -0.25) is 4.79 Å². The summed E-state index contributed by atoms with van der Waals surface area (Å²) in [7, 11) is 0. The third-order valence-corrected chi connectivity index (χ3v) is 4.24. The van der Waals surface area contributed by atoms with E-state index in [9.17, 15) is 4.79 Å². The largest absolute Gasteiger partial charge is 0.330 e. The summed E-state index contributed by atoms with van der Waals surface area (Å²) in [4.78, 5) is 11.5. The van der Waals surface area contributed by atoms with Gasteiger partial charge < -0.3 is 11.1 Å². The van der Waals surface area contributed by atoms with Crippen molar-refractivity contribution in [3.8, 4) is 0 Å². The molecule has 5 nitrogen and oxygen atoms in total. The van der Waals surface area contributed by atoms with E-state index in [0.29, 0.717) is 11.7 Å². The molecular formula is C14H18N4OS. The fourth-order valence-electron chi connectivity index (χ4n) is 1.82. The van der Waals surface area contributed by atoms with Gasteiger partial charge in [-0.1, -0.05) is 41.7 Å². The lowest BCUT2D eigenvalue weighted by Crippen LogP contribution is -2.18. The minimum atomic E-state index is -0.240. The fraction of sp³-hybridized carbons (Fsp3) is 0.357. The standard InChI is InChI=1S/C14H18N4OS/c1-14(2,10-6-4-3-5-7-10)12-17-18-13(20-12)16-11(19)8-9-15/h3-7H,8-9,15H2,1-2H3,(H,16,18,19). The molecule has 0 saturated heterocycles. The number of nitrogens with one attached hydrogen (secondary N) is 1. The summed E-state index contributed by atoms with van der Waals surface area (Å²) in [6, 6.07) is 10.1. The van der Waals surface area contributed by atoms with Crippen molar-refractivity contribution in [2.24, 2.45) is 5.73 Å². The van der Waals surface area contributed by atoms with E-state index in [1.807, 2.05) is 18.2 Å². The van der Waals surface area contributed by atoms with Crippen LogP contribution in [0.25, 0.3) is 0 Å². The van der Waals surface area contributed by atoms with Gasteiger partial charge in [-0.2, -0.15) is 0 Å². The van der Waals surface area contributed by atoms with Gasteiger partial charge in [0, 0.05) is 18.4 Å². The molecule has 1 aromatic carbocycles. The van der Waals surface area contributed by atoms with E-state index in [-0.39, 0.29) is 17.7 Å². The van der Waals surface area contributed by atoms with Crippen LogP contribution >= 0.6 is 11.3 Å². The van der Waals surface area contributed by atoms with Gasteiger partial charge in [0.15, 0.2) is 0 Å². The minimum absolute atomic E-state index is 0.132. The van der Waals surface area contributed by atoms with Gasteiger partial charge in [0.1, 0.15) is 5.01 Å². The molecular weight excluding hydrogens is 272 g/mol. The van der Waals surface area contributed by atoms with Crippen LogP contribution < -0.4 is 11.1 Å². The predicted octanol–water partition coefficient (Wildman–Crippen LogP) is 2.15. The summed E-state index contributed by atoms with van der Waals surface area (Å²) >= 11 is 1.39. The summed E-state index contributed by atoms with van der Waals surface area (Å²) in [5.74, 6) is -0.132. The van der Waals surface area contributed by atoms with E-state index in [0.717, 1.165) is 10.6 Å². The number of benzene rings is 1. The number of rotatable bonds is 5. The molecule has 3 N–H and O–H groups in total. The SMILES string of the molecule is CC(C)(c1ccccc1)c1nnc(NC(=O)CCN)s1. The maximum atomic E-state index is 11.5. The van der Waals surface area contributed by atoms with Gasteiger partial charge in [-0.25, -0.2) is 0 Å². The zero-order valence-electron chi connectivity index (χ0n) is 11.6. The molecule has 0 bridgehead atoms. The monoisotopic (exact) mass is 290 g/mol. The highest BCUT2D eigenvalue weighted by Gasteiger charge is 2.27. The second-order valence-electron chi connectivity index (χ2n) is 4.99. The number of carbonyl (C=O) groups excluding carboxylic acids is 1. The smallest absolute Gasteiger partial charge is 0.227 e. The summed E-state index contributed by atoms with van der Waals surface area (Å²) < 4.78 is 0. The second-order valence-corrected chi connectivity index (χ2v) is 5.97. The highest BCUT2D eigenvalue weighted by molar-refractivity contribution is 7.15. The van der Waals surface area contributed by atoms with Gasteiger partial charge in [0.2, 0.25) is 11.0 Å². The molecule has 1 aromatic heterocycles. The number of amides is 1. The fourth-order valence-corrected chi connectivity index (χ4v) is 2.70. The van der Waals surface area contributed by atoms with Crippen molar-refractivity contribution in [2.75, 3.05) is 11.9 Å². The molecule has 0 aliphatic rings. The Bertz CT molecular complexity index is 580. The number of anilines is 1.